The predicted molar refractivity (Wildman–Crippen MR) is 107 cm³/mol. The Kier molecular flexibility index (Phi) is 9.23. The van der Waals surface area contributed by atoms with Crippen molar-refractivity contribution in [3.8, 4) is 0 Å². The minimum absolute atomic E-state index is 0. The molecule has 0 aliphatic rings. The highest BCUT2D eigenvalue weighted by molar-refractivity contribution is 5.85. The molecule has 5 nitrogen and oxygen atoms in total. The second-order valence-corrected chi connectivity index (χ2v) is 5.87. The first-order chi connectivity index (χ1) is 12.1. The van der Waals surface area contributed by atoms with Crippen LogP contribution in [-0.2, 0) is 22.6 Å². The number of halogens is 1. The molecule has 3 N–H and O–H groups in total. The van der Waals surface area contributed by atoms with Crippen LogP contribution in [0.25, 0.3) is 0 Å². The first-order valence-electron chi connectivity index (χ1n) is 8.52. The molecule has 0 atom stereocenters. The van der Waals surface area contributed by atoms with E-state index in [0.717, 1.165) is 11.1 Å². The maximum absolute atomic E-state index is 12.3. The SMILES string of the molecule is CCN(Cc1ccccc1)C(=O)CNC(=O)CCc1ccccc1N.Cl. The number of rotatable bonds is 8. The Morgan fingerprint density at radius 1 is 1.04 bits per heavy atom. The van der Waals surface area contributed by atoms with Crippen molar-refractivity contribution >= 4 is 29.9 Å². The molecule has 2 amide bonds. The number of benzene rings is 2. The first-order valence-corrected chi connectivity index (χ1v) is 8.52. The third-order valence-electron chi connectivity index (χ3n) is 4.06. The molecule has 2 rings (SSSR count). The molecule has 6 heteroatoms. The maximum Gasteiger partial charge on any atom is 0.242 e. The average Bonchev–Trinajstić information content (AvgIpc) is 2.64. The number of hydrogen-bond acceptors (Lipinski definition) is 3. The third-order valence-corrected chi connectivity index (χ3v) is 4.06. The van der Waals surface area contributed by atoms with E-state index in [2.05, 4.69) is 5.32 Å². The predicted octanol–water partition coefficient (Wildman–Crippen LogP) is 2.79. The van der Waals surface area contributed by atoms with E-state index in [1.165, 1.54) is 0 Å². The van der Waals surface area contributed by atoms with E-state index in [0.29, 0.717) is 31.6 Å². The van der Waals surface area contributed by atoms with Crippen LogP contribution in [0.3, 0.4) is 0 Å². The van der Waals surface area contributed by atoms with Gasteiger partial charge in [-0.05, 0) is 30.5 Å². The van der Waals surface area contributed by atoms with Gasteiger partial charge in [-0.15, -0.1) is 12.4 Å². The number of nitrogens with two attached hydrogens (primary N) is 1. The summed E-state index contributed by atoms with van der Waals surface area (Å²) in [4.78, 5) is 26.0. The summed E-state index contributed by atoms with van der Waals surface area (Å²) in [5.74, 6) is -0.230. The van der Waals surface area contributed by atoms with Gasteiger partial charge in [0.25, 0.3) is 0 Å². The van der Waals surface area contributed by atoms with Crippen molar-refractivity contribution < 1.29 is 9.59 Å². The van der Waals surface area contributed by atoms with Crippen LogP contribution >= 0.6 is 12.4 Å². The molecule has 0 aromatic heterocycles. The largest absolute Gasteiger partial charge is 0.399 e. The van der Waals surface area contributed by atoms with E-state index in [4.69, 9.17) is 5.73 Å². The van der Waals surface area contributed by atoms with Gasteiger partial charge in [0.1, 0.15) is 0 Å². The van der Waals surface area contributed by atoms with Gasteiger partial charge in [-0.1, -0.05) is 48.5 Å². The van der Waals surface area contributed by atoms with Crippen LogP contribution in [0.5, 0.6) is 0 Å². The molecule has 2 aromatic carbocycles. The lowest BCUT2D eigenvalue weighted by atomic mass is 10.1. The smallest absolute Gasteiger partial charge is 0.242 e. The number of aryl methyl sites for hydroxylation is 1. The third kappa shape index (κ3) is 6.76. The lowest BCUT2D eigenvalue weighted by Gasteiger charge is -2.21. The van der Waals surface area contributed by atoms with Crippen molar-refractivity contribution in [3.05, 3.63) is 65.7 Å². The number of anilines is 1. The standard InChI is InChI=1S/C20H25N3O2.ClH/c1-2-23(15-16-8-4-3-5-9-16)20(25)14-22-19(24)13-12-17-10-6-7-11-18(17)21;/h3-11H,2,12-15,21H2,1H3,(H,22,24);1H. The molecule has 0 bridgehead atoms. The van der Waals surface area contributed by atoms with Gasteiger partial charge < -0.3 is 16.0 Å². The molecular weight excluding hydrogens is 350 g/mol. The summed E-state index contributed by atoms with van der Waals surface area (Å²) in [6, 6.07) is 17.3. The Hall–Kier alpha value is -2.53. The lowest BCUT2D eigenvalue weighted by Crippen LogP contribution is -2.39. The second-order valence-electron chi connectivity index (χ2n) is 5.87. The molecule has 0 aliphatic carbocycles. The molecule has 140 valence electrons. The summed E-state index contributed by atoms with van der Waals surface area (Å²) in [6.45, 7) is 3.10. The van der Waals surface area contributed by atoms with Crippen molar-refractivity contribution in [1.82, 2.24) is 10.2 Å². The van der Waals surface area contributed by atoms with E-state index in [-0.39, 0.29) is 30.8 Å². The van der Waals surface area contributed by atoms with Crippen LogP contribution in [-0.4, -0.2) is 29.8 Å². The summed E-state index contributed by atoms with van der Waals surface area (Å²) in [6.07, 6.45) is 0.876. The van der Waals surface area contributed by atoms with Gasteiger partial charge in [0, 0.05) is 25.2 Å². The summed E-state index contributed by atoms with van der Waals surface area (Å²) in [7, 11) is 0. The van der Waals surface area contributed by atoms with Gasteiger partial charge in [-0.25, -0.2) is 0 Å². The molecule has 0 unspecified atom stereocenters. The first kappa shape index (κ1) is 21.5. The zero-order chi connectivity index (χ0) is 18.1. The Balaban J connectivity index is 0.00000338. The van der Waals surface area contributed by atoms with Gasteiger partial charge in [0.15, 0.2) is 0 Å². The van der Waals surface area contributed by atoms with Crippen molar-refractivity contribution in [3.63, 3.8) is 0 Å². The molecule has 0 heterocycles. The van der Waals surface area contributed by atoms with E-state index >= 15 is 0 Å². The Labute approximate surface area is 161 Å². The van der Waals surface area contributed by atoms with Crippen LogP contribution in [0, 0.1) is 0 Å². The van der Waals surface area contributed by atoms with Gasteiger partial charge in [-0.2, -0.15) is 0 Å². The number of amides is 2. The fraction of sp³-hybridized carbons (Fsp3) is 0.300. The highest BCUT2D eigenvalue weighted by atomic mass is 35.5. The Morgan fingerprint density at radius 2 is 1.69 bits per heavy atom. The number of carbonyl (C=O) groups is 2. The summed E-state index contributed by atoms with van der Waals surface area (Å²) in [5.41, 5.74) is 8.57. The Morgan fingerprint density at radius 3 is 2.35 bits per heavy atom. The zero-order valence-electron chi connectivity index (χ0n) is 15.0. The molecule has 26 heavy (non-hydrogen) atoms. The van der Waals surface area contributed by atoms with Crippen LogP contribution in [0.4, 0.5) is 5.69 Å². The van der Waals surface area contributed by atoms with E-state index in [1.807, 2.05) is 61.5 Å². The van der Waals surface area contributed by atoms with E-state index < -0.39 is 0 Å². The number of likely N-dealkylation sites (N-methyl/N-ethyl adjacent to an activating group) is 1. The quantitative estimate of drug-likeness (QED) is 0.696. The topological polar surface area (TPSA) is 75.4 Å². The number of nitrogens with one attached hydrogen (secondary N) is 1. The van der Waals surface area contributed by atoms with E-state index in [9.17, 15) is 9.59 Å². The lowest BCUT2D eigenvalue weighted by molar-refractivity contribution is -0.133. The monoisotopic (exact) mass is 375 g/mol. The van der Waals surface area contributed by atoms with Crippen LogP contribution in [0.15, 0.2) is 54.6 Å². The summed E-state index contributed by atoms with van der Waals surface area (Å²) in [5, 5.41) is 2.70. The Bertz CT molecular complexity index is 707. The number of carbonyl (C=O) groups excluding carboxylic acids is 2. The van der Waals surface area contributed by atoms with Gasteiger partial charge in [-0.3, -0.25) is 9.59 Å². The molecule has 0 saturated carbocycles. The zero-order valence-corrected chi connectivity index (χ0v) is 15.8. The normalized spacial score (nSPS) is 9.88. The molecule has 0 spiro atoms. The average molecular weight is 376 g/mol. The van der Waals surface area contributed by atoms with Gasteiger partial charge in [0.05, 0.1) is 6.54 Å². The van der Waals surface area contributed by atoms with Crippen molar-refractivity contribution in [2.45, 2.75) is 26.3 Å². The molecule has 0 saturated heterocycles. The van der Waals surface area contributed by atoms with Crippen molar-refractivity contribution in [2.75, 3.05) is 18.8 Å². The molecule has 2 aromatic rings. The van der Waals surface area contributed by atoms with Gasteiger partial charge in [0.2, 0.25) is 11.8 Å². The molecule has 0 aliphatic heterocycles. The fourth-order valence-electron chi connectivity index (χ4n) is 2.56. The van der Waals surface area contributed by atoms with Crippen LogP contribution < -0.4 is 11.1 Å². The van der Waals surface area contributed by atoms with Crippen molar-refractivity contribution in [1.29, 1.82) is 0 Å². The van der Waals surface area contributed by atoms with Crippen molar-refractivity contribution in [2.24, 2.45) is 0 Å². The highest BCUT2D eigenvalue weighted by Gasteiger charge is 2.13. The number of para-hydroxylation sites is 1. The summed E-state index contributed by atoms with van der Waals surface area (Å²) < 4.78 is 0. The summed E-state index contributed by atoms with van der Waals surface area (Å²) >= 11 is 0. The highest BCUT2D eigenvalue weighted by Crippen LogP contribution is 2.12. The molecule has 0 radical (unpaired) electrons. The maximum atomic E-state index is 12.3. The van der Waals surface area contributed by atoms with Gasteiger partial charge >= 0.3 is 0 Å². The molecular formula is C20H26ClN3O2. The number of nitrogen functional groups attached to an aromatic ring is 1. The second kappa shape index (κ2) is 11.2. The van der Waals surface area contributed by atoms with E-state index in [1.54, 1.807) is 4.90 Å². The minimum atomic E-state index is -0.146. The minimum Gasteiger partial charge on any atom is -0.399 e. The molecule has 0 fully saturated rings. The fourth-order valence-corrected chi connectivity index (χ4v) is 2.56. The number of nitrogens with zero attached hydrogens (tertiary/aromatic N) is 1. The number of hydrogen-bond donors (Lipinski definition) is 2. The van der Waals surface area contributed by atoms with Crippen LogP contribution in [0.1, 0.15) is 24.5 Å². The van der Waals surface area contributed by atoms with Crippen LogP contribution in [0.2, 0.25) is 0 Å².